The topological polar surface area (TPSA) is 39.8 Å². The molecule has 5 heteroatoms. The van der Waals surface area contributed by atoms with Crippen LogP contribution >= 0.6 is 0 Å². The van der Waals surface area contributed by atoms with Crippen LogP contribution in [0.25, 0.3) is 72.0 Å². The van der Waals surface area contributed by atoms with Gasteiger partial charge in [0.15, 0.2) is 0 Å². The Hall–Kier alpha value is -6.46. The molecule has 0 saturated heterocycles. The highest BCUT2D eigenvalue weighted by molar-refractivity contribution is 6.10. The molecule has 5 nitrogen and oxygen atoms in total. The minimum Gasteiger partial charge on any atom is -0.456 e. The van der Waals surface area contributed by atoms with Crippen LogP contribution in [0.2, 0.25) is 0 Å². The van der Waals surface area contributed by atoms with Gasteiger partial charge in [-0.25, -0.2) is 4.98 Å². The zero-order valence-electron chi connectivity index (χ0n) is 31.1. The lowest BCUT2D eigenvalue weighted by molar-refractivity contribution is -0.572. The highest BCUT2D eigenvalue weighted by Crippen LogP contribution is 2.35. The molecule has 4 heterocycles. The molecule has 0 bridgehead atoms. The molecule has 250 valence electrons. The molecule has 0 amide bonds. The van der Waals surface area contributed by atoms with E-state index in [1.165, 1.54) is 5.56 Å². The van der Waals surface area contributed by atoms with Gasteiger partial charge < -0.3 is 4.42 Å². The average molecular weight is 675 g/mol. The molecule has 0 radical (unpaired) electrons. The third-order valence-electron chi connectivity index (χ3n) is 10.1. The number of furan rings is 1. The van der Waals surface area contributed by atoms with Crippen molar-refractivity contribution in [2.24, 2.45) is 0 Å². The maximum atomic E-state index is 9.61. The van der Waals surface area contributed by atoms with E-state index in [0.29, 0.717) is 16.9 Å². The summed E-state index contributed by atoms with van der Waals surface area (Å²) in [5.74, 6) is 0.712. The summed E-state index contributed by atoms with van der Waals surface area (Å²) >= 11 is 0. The largest absolute Gasteiger partial charge is 0.456 e. The number of nitrogens with zero attached hydrogens (tertiary/aromatic N) is 4. The molecule has 0 atom stereocenters. The lowest BCUT2D eigenvalue weighted by Gasteiger charge is -2.20. The first-order valence-electron chi connectivity index (χ1n) is 18.6. The fourth-order valence-corrected chi connectivity index (χ4v) is 7.47. The zero-order chi connectivity index (χ0) is 36.8. The van der Waals surface area contributed by atoms with Crippen LogP contribution in [0.5, 0.6) is 0 Å². The first-order chi connectivity index (χ1) is 26.1. The van der Waals surface area contributed by atoms with Crippen molar-refractivity contribution in [3.8, 4) is 17.2 Å². The Kier molecular flexibility index (Phi) is 6.27. The van der Waals surface area contributed by atoms with E-state index in [-0.39, 0.29) is 5.41 Å². The Morgan fingerprint density at radius 2 is 1.40 bits per heavy atom. The van der Waals surface area contributed by atoms with E-state index in [2.05, 4.69) is 84.8 Å². The predicted octanol–water partition coefficient (Wildman–Crippen LogP) is 11.0. The quantitative estimate of drug-likeness (QED) is 0.135. The van der Waals surface area contributed by atoms with Crippen LogP contribution in [0.4, 0.5) is 0 Å². The van der Waals surface area contributed by atoms with Crippen LogP contribution in [-0.4, -0.2) is 14.1 Å². The molecular weight excluding hydrogens is 637 g/mol. The fourth-order valence-electron chi connectivity index (χ4n) is 7.47. The lowest BCUT2D eigenvalue weighted by atomic mass is 9.87. The van der Waals surface area contributed by atoms with E-state index in [1.54, 1.807) is 0 Å². The molecule has 10 aromatic rings. The molecule has 52 heavy (non-hydrogen) atoms. The summed E-state index contributed by atoms with van der Waals surface area (Å²) in [5, 5.41) is 4.09. The summed E-state index contributed by atoms with van der Waals surface area (Å²) in [6.07, 6.45) is 3.65. The monoisotopic (exact) mass is 674 g/mol. The number of hydrogen-bond donors (Lipinski definition) is 0. The number of para-hydroxylation sites is 4. The van der Waals surface area contributed by atoms with Crippen molar-refractivity contribution in [1.29, 1.82) is 0 Å². The maximum Gasteiger partial charge on any atom is 0.269 e. The molecule has 0 spiro atoms. The van der Waals surface area contributed by atoms with Gasteiger partial charge in [-0.2, -0.15) is 0 Å². The molecule has 0 unspecified atom stereocenters. The smallest absolute Gasteiger partial charge is 0.269 e. The molecule has 6 aromatic carbocycles. The van der Waals surface area contributed by atoms with Crippen molar-refractivity contribution in [3.05, 3.63) is 175 Å². The van der Waals surface area contributed by atoms with E-state index in [9.17, 15) is 2.74 Å². The first-order valence-corrected chi connectivity index (χ1v) is 17.6. The minimum atomic E-state index is -1.82. The van der Waals surface area contributed by atoms with Crippen LogP contribution in [0, 0.1) is 6.33 Å². The predicted molar refractivity (Wildman–Crippen MR) is 211 cm³/mol. The summed E-state index contributed by atoms with van der Waals surface area (Å²) in [6.45, 7) is 6.66. The Bertz CT molecular complexity index is 3090. The van der Waals surface area contributed by atoms with Crippen LogP contribution in [0.15, 0.2) is 156 Å². The second kappa shape index (κ2) is 11.5. The molecule has 0 aliphatic carbocycles. The molecule has 4 aromatic heterocycles. The van der Waals surface area contributed by atoms with Crippen molar-refractivity contribution in [3.63, 3.8) is 0 Å². The third-order valence-corrected chi connectivity index (χ3v) is 10.1. The van der Waals surface area contributed by atoms with Crippen molar-refractivity contribution in [2.75, 3.05) is 0 Å². The number of imidazole rings is 1. The number of rotatable bonds is 5. The number of pyridine rings is 1. The van der Waals surface area contributed by atoms with Crippen molar-refractivity contribution >= 4 is 54.8 Å². The van der Waals surface area contributed by atoms with Gasteiger partial charge in [0.2, 0.25) is 0 Å². The van der Waals surface area contributed by atoms with Gasteiger partial charge in [-0.05, 0) is 70.9 Å². The van der Waals surface area contributed by atoms with Gasteiger partial charge in [0.25, 0.3) is 6.33 Å². The van der Waals surface area contributed by atoms with Crippen molar-refractivity contribution < 1.29 is 11.7 Å². The van der Waals surface area contributed by atoms with E-state index >= 15 is 0 Å². The third kappa shape index (κ3) is 4.92. The average Bonchev–Trinajstić information content (AvgIpc) is 3.87. The normalized spacial score (nSPS) is 13.1. The number of benzene rings is 6. The van der Waals surface area contributed by atoms with Crippen LogP contribution < -0.4 is 4.57 Å². The van der Waals surface area contributed by atoms with Gasteiger partial charge in [-0.1, -0.05) is 118 Å². The van der Waals surface area contributed by atoms with Crippen molar-refractivity contribution in [2.45, 2.75) is 32.6 Å². The lowest BCUT2D eigenvalue weighted by Crippen LogP contribution is -2.30. The standard InChI is InChI=1S/C47H36N4O/c1-47(2,3)33-13-11-15-35(27-33)50-30-49(41-19-7-8-20-42(41)50)34-14-10-12-31(25-34)24-32-22-23-37-36-16-4-6-18-40(36)51(43(37)26-32)46-28-45-39(29-48-46)38-17-5-9-21-44(38)52-45/h4-23,25-29H,24H2,1-3H3/i24D2. The molecule has 0 aliphatic heterocycles. The van der Waals surface area contributed by atoms with Gasteiger partial charge >= 0.3 is 0 Å². The minimum absolute atomic E-state index is 0.00483. The molecule has 0 aliphatic rings. The Morgan fingerprint density at radius 1 is 0.654 bits per heavy atom. The van der Waals surface area contributed by atoms with Crippen LogP contribution in [-0.2, 0) is 11.8 Å². The summed E-state index contributed by atoms with van der Waals surface area (Å²) in [7, 11) is 0. The summed E-state index contributed by atoms with van der Waals surface area (Å²) in [4.78, 5) is 4.93. The van der Waals surface area contributed by atoms with Crippen LogP contribution in [0.3, 0.4) is 0 Å². The van der Waals surface area contributed by atoms with Crippen LogP contribution in [0.1, 0.15) is 40.2 Å². The van der Waals surface area contributed by atoms with Gasteiger partial charge in [0, 0.05) is 36.5 Å². The van der Waals surface area contributed by atoms with Gasteiger partial charge in [-0.15, -0.1) is 0 Å². The number of aromatic nitrogens is 4. The van der Waals surface area contributed by atoms with E-state index in [1.807, 2.05) is 108 Å². The van der Waals surface area contributed by atoms with Gasteiger partial charge in [0.05, 0.1) is 33.4 Å². The van der Waals surface area contributed by atoms with E-state index in [0.717, 1.165) is 66.2 Å². The van der Waals surface area contributed by atoms with E-state index < -0.39 is 6.37 Å². The van der Waals surface area contributed by atoms with Gasteiger partial charge in [-0.3, -0.25) is 13.7 Å². The molecule has 0 saturated carbocycles. The first kappa shape index (κ1) is 28.3. The highest BCUT2D eigenvalue weighted by atomic mass is 16.3. The Balaban J connectivity index is 1.09. The Morgan fingerprint density at radius 3 is 2.29 bits per heavy atom. The van der Waals surface area contributed by atoms with Gasteiger partial charge in [0.1, 0.15) is 17.0 Å². The van der Waals surface area contributed by atoms with Crippen molar-refractivity contribution in [1.82, 2.24) is 14.1 Å². The number of hydrogen-bond acceptors (Lipinski definition) is 2. The molecular formula is C47H36N4O. The second-order valence-corrected chi connectivity index (χ2v) is 14.5. The Labute approximate surface area is 304 Å². The summed E-state index contributed by atoms with van der Waals surface area (Å²) < 4.78 is 31.7. The summed E-state index contributed by atoms with van der Waals surface area (Å²) in [5.41, 5.74) is 9.66. The SMILES string of the molecule is [2H]C([2H])(c1cccc(-n2[c-][n+](-c3cccc(C(C)(C)C)c3)c3ccccc32)c1)c1ccc2c3ccccc3n(-c3cc4oc5ccccc5c4cn3)c2c1. The highest BCUT2D eigenvalue weighted by Gasteiger charge is 2.18. The van der Waals surface area contributed by atoms with E-state index in [4.69, 9.17) is 9.40 Å². The number of fused-ring (bicyclic) bond motifs is 7. The summed E-state index contributed by atoms with van der Waals surface area (Å²) in [6, 6.07) is 48.8. The second-order valence-electron chi connectivity index (χ2n) is 14.5. The molecule has 0 fully saturated rings. The molecule has 0 N–H and O–H groups in total. The fraction of sp³-hybridized carbons (Fsp3) is 0.106. The molecule has 10 rings (SSSR count). The zero-order valence-corrected chi connectivity index (χ0v) is 29.1. The maximum absolute atomic E-state index is 9.61.